The van der Waals surface area contributed by atoms with Gasteiger partial charge in [0.25, 0.3) is 0 Å². The predicted octanol–water partition coefficient (Wildman–Crippen LogP) is 1.16. The van der Waals surface area contributed by atoms with Crippen molar-refractivity contribution < 1.29 is 18.3 Å². The van der Waals surface area contributed by atoms with Crippen LogP contribution in [-0.2, 0) is 21.2 Å². The second-order valence-electron chi connectivity index (χ2n) is 5.92. The maximum Gasteiger partial charge on any atom is 0.313 e. The molecule has 0 saturated heterocycles. The molecule has 0 atom stereocenters. The summed E-state index contributed by atoms with van der Waals surface area (Å²) in [6.07, 6.45) is 3.24. The fraction of sp³-hybridized carbons (Fsp3) is 0.750. The lowest BCUT2D eigenvalue weighted by molar-refractivity contribution is -0.133. The molecule has 1 aromatic rings. The SMILES string of the molecule is CC(C)(Cn1c(SCC(=O)O)nnc1C1CC1)S(C)(=O)=O. The number of carboxylic acids is 1. The van der Waals surface area contributed by atoms with Crippen molar-refractivity contribution in [2.45, 2.75) is 49.1 Å². The van der Waals surface area contributed by atoms with Crippen molar-refractivity contribution in [2.24, 2.45) is 0 Å². The summed E-state index contributed by atoms with van der Waals surface area (Å²) < 4.78 is 24.6. The Labute approximate surface area is 128 Å². The summed E-state index contributed by atoms with van der Waals surface area (Å²) >= 11 is 1.07. The van der Waals surface area contributed by atoms with E-state index in [4.69, 9.17) is 5.11 Å². The summed E-state index contributed by atoms with van der Waals surface area (Å²) in [5.74, 6) is 0.0128. The zero-order valence-corrected chi connectivity index (χ0v) is 13.9. The van der Waals surface area contributed by atoms with Crippen LogP contribution < -0.4 is 0 Å². The number of carbonyl (C=O) groups is 1. The number of sulfone groups is 1. The number of thioether (sulfide) groups is 1. The molecule has 1 heterocycles. The fourth-order valence-electron chi connectivity index (χ4n) is 1.82. The van der Waals surface area contributed by atoms with Crippen LogP contribution in [0.25, 0.3) is 0 Å². The Morgan fingerprint density at radius 1 is 1.43 bits per heavy atom. The van der Waals surface area contributed by atoms with Crippen LogP contribution in [0, 0.1) is 0 Å². The molecule has 0 aliphatic heterocycles. The van der Waals surface area contributed by atoms with E-state index in [1.807, 2.05) is 0 Å². The number of aliphatic carboxylic acids is 1. The van der Waals surface area contributed by atoms with E-state index in [9.17, 15) is 13.2 Å². The molecule has 118 valence electrons. The van der Waals surface area contributed by atoms with Crippen molar-refractivity contribution in [3.8, 4) is 0 Å². The highest BCUT2D eigenvalue weighted by Gasteiger charge is 2.36. The lowest BCUT2D eigenvalue weighted by atomic mass is 10.2. The first-order valence-electron chi connectivity index (χ1n) is 6.59. The molecule has 0 amide bonds. The van der Waals surface area contributed by atoms with Crippen molar-refractivity contribution >= 4 is 27.6 Å². The Morgan fingerprint density at radius 2 is 2.05 bits per heavy atom. The Hall–Kier alpha value is -1.09. The number of hydrogen-bond donors (Lipinski definition) is 1. The lowest BCUT2D eigenvalue weighted by Crippen LogP contribution is -2.36. The second kappa shape index (κ2) is 5.60. The van der Waals surface area contributed by atoms with E-state index < -0.39 is 20.6 Å². The molecule has 0 bridgehead atoms. The standard InChI is InChI=1S/C12H19N3O4S2/c1-12(2,21(3,18)19)7-15-10(8-4-5-8)13-14-11(15)20-6-9(16)17/h8H,4-7H2,1-3H3,(H,16,17). The van der Waals surface area contributed by atoms with Crippen LogP contribution in [0.15, 0.2) is 5.16 Å². The third kappa shape index (κ3) is 3.76. The molecule has 0 unspecified atom stereocenters. The van der Waals surface area contributed by atoms with Gasteiger partial charge in [-0.1, -0.05) is 11.8 Å². The van der Waals surface area contributed by atoms with Crippen LogP contribution >= 0.6 is 11.8 Å². The minimum Gasteiger partial charge on any atom is -0.481 e. The molecule has 21 heavy (non-hydrogen) atoms. The van der Waals surface area contributed by atoms with E-state index in [-0.39, 0.29) is 12.3 Å². The summed E-state index contributed by atoms with van der Waals surface area (Å²) in [4.78, 5) is 10.7. The first-order valence-corrected chi connectivity index (χ1v) is 9.47. The molecule has 7 nitrogen and oxygen atoms in total. The quantitative estimate of drug-likeness (QED) is 0.747. The summed E-state index contributed by atoms with van der Waals surface area (Å²) in [5, 5.41) is 17.4. The van der Waals surface area contributed by atoms with E-state index in [0.29, 0.717) is 11.1 Å². The van der Waals surface area contributed by atoms with E-state index in [1.54, 1.807) is 18.4 Å². The first kappa shape index (κ1) is 16.3. The van der Waals surface area contributed by atoms with Gasteiger partial charge in [-0.2, -0.15) is 0 Å². The molecule has 1 aromatic heterocycles. The van der Waals surface area contributed by atoms with Gasteiger partial charge in [-0.05, 0) is 26.7 Å². The third-order valence-corrected chi connectivity index (χ3v) is 6.64. The third-order valence-electron chi connectivity index (χ3n) is 3.56. The second-order valence-corrected chi connectivity index (χ2v) is 9.51. The molecule has 0 aromatic carbocycles. The summed E-state index contributed by atoms with van der Waals surface area (Å²) in [5.41, 5.74) is 0. The van der Waals surface area contributed by atoms with Crippen molar-refractivity contribution in [3.63, 3.8) is 0 Å². The smallest absolute Gasteiger partial charge is 0.313 e. The maximum absolute atomic E-state index is 11.9. The average Bonchev–Trinajstić information content (AvgIpc) is 3.09. The van der Waals surface area contributed by atoms with Crippen LogP contribution in [0.5, 0.6) is 0 Å². The summed E-state index contributed by atoms with van der Waals surface area (Å²) in [6.45, 7) is 3.54. The Balaban J connectivity index is 2.30. The maximum atomic E-state index is 11.9. The first-order chi connectivity index (χ1) is 9.62. The highest BCUT2D eigenvalue weighted by Crippen LogP contribution is 2.40. The molecule has 2 rings (SSSR count). The molecule has 9 heteroatoms. The zero-order valence-electron chi connectivity index (χ0n) is 12.2. The molecule has 1 saturated carbocycles. The number of carboxylic acid groups (broad SMARTS) is 1. The molecule has 1 aliphatic rings. The monoisotopic (exact) mass is 333 g/mol. The molecule has 1 N–H and O–H groups in total. The molecular weight excluding hydrogens is 314 g/mol. The highest BCUT2D eigenvalue weighted by molar-refractivity contribution is 7.99. The topological polar surface area (TPSA) is 102 Å². The Morgan fingerprint density at radius 3 is 2.52 bits per heavy atom. The van der Waals surface area contributed by atoms with E-state index >= 15 is 0 Å². The van der Waals surface area contributed by atoms with Gasteiger partial charge in [-0.25, -0.2) is 8.42 Å². The largest absolute Gasteiger partial charge is 0.481 e. The van der Waals surface area contributed by atoms with Gasteiger partial charge in [0.05, 0.1) is 10.5 Å². The van der Waals surface area contributed by atoms with Crippen LogP contribution in [0.1, 0.15) is 38.4 Å². The van der Waals surface area contributed by atoms with Crippen molar-refractivity contribution in [3.05, 3.63) is 5.82 Å². The number of nitrogens with zero attached hydrogens (tertiary/aromatic N) is 3. The van der Waals surface area contributed by atoms with Crippen LogP contribution in [0.4, 0.5) is 0 Å². The number of aromatic nitrogens is 3. The molecule has 1 fully saturated rings. The van der Waals surface area contributed by atoms with Crippen molar-refractivity contribution in [1.82, 2.24) is 14.8 Å². The minimum absolute atomic E-state index is 0.123. The van der Waals surface area contributed by atoms with Gasteiger partial charge >= 0.3 is 5.97 Å². The summed E-state index contributed by atoms with van der Waals surface area (Å²) in [6, 6.07) is 0. The minimum atomic E-state index is -3.25. The van der Waals surface area contributed by atoms with Crippen LogP contribution in [0.3, 0.4) is 0 Å². The van der Waals surface area contributed by atoms with Gasteiger partial charge in [-0.3, -0.25) is 4.79 Å². The normalized spacial score (nSPS) is 16.1. The van der Waals surface area contributed by atoms with E-state index in [1.165, 1.54) is 6.26 Å². The van der Waals surface area contributed by atoms with Gasteiger partial charge in [0.1, 0.15) is 5.82 Å². The van der Waals surface area contributed by atoms with Gasteiger partial charge in [-0.15, -0.1) is 10.2 Å². The molecule has 1 aliphatic carbocycles. The predicted molar refractivity (Wildman–Crippen MR) is 79.3 cm³/mol. The van der Waals surface area contributed by atoms with Crippen molar-refractivity contribution in [1.29, 1.82) is 0 Å². The zero-order chi connectivity index (χ0) is 15.8. The summed E-state index contributed by atoms with van der Waals surface area (Å²) in [7, 11) is -3.25. The van der Waals surface area contributed by atoms with Gasteiger partial charge in [0.15, 0.2) is 15.0 Å². The van der Waals surface area contributed by atoms with Gasteiger partial charge < -0.3 is 9.67 Å². The molecule has 0 spiro atoms. The number of hydrogen-bond acceptors (Lipinski definition) is 6. The Kier molecular flexibility index (Phi) is 4.34. The number of rotatable bonds is 7. The molecular formula is C12H19N3O4S2. The fourth-order valence-corrected chi connectivity index (χ4v) is 2.85. The highest BCUT2D eigenvalue weighted by atomic mass is 32.2. The van der Waals surface area contributed by atoms with Gasteiger partial charge in [0, 0.05) is 18.7 Å². The van der Waals surface area contributed by atoms with E-state index in [0.717, 1.165) is 30.4 Å². The molecule has 0 radical (unpaired) electrons. The lowest BCUT2D eigenvalue weighted by Gasteiger charge is -2.24. The van der Waals surface area contributed by atoms with Crippen LogP contribution in [0.2, 0.25) is 0 Å². The Bertz CT molecular complexity index is 647. The average molecular weight is 333 g/mol. The van der Waals surface area contributed by atoms with E-state index in [2.05, 4.69) is 10.2 Å². The van der Waals surface area contributed by atoms with Crippen molar-refractivity contribution in [2.75, 3.05) is 12.0 Å². The van der Waals surface area contributed by atoms with Gasteiger partial charge in [0.2, 0.25) is 0 Å². The van der Waals surface area contributed by atoms with Crippen LogP contribution in [-0.4, -0.2) is 51.0 Å².